The number of nitrogens with one attached hydrogen (secondary N) is 2. The Morgan fingerprint density at radius 2 is 1.96 bits per heavy atom. The van der Waals surface area contributed by atoms with Crippen LogP contribution in [0.2, 0.25) is 0 Å². The van der Waals surface area contributed by atoms with E-state index in [2.05, 4.69) is 20.7 Å². The fourth-order valence-electron chi connectivity index (χ4n) is 3.49. The van der Waals surface area contributed by atoms with Gasteiger partial charge in [-0.2, -0.15) is 0 Å². The van der Waals surface area contributed by atoms with Crippen molar-refractivity contribution in [2.45, 2.75) is 31.8 Å². The van der Waals surface area contributed by atoms with Gasteiger partial charge in [-0.25, -0.2) is 8.42 Å². The average Bonchev–Trinajstić information content (AvgIpc) is 3.28. The predicted octanol–water partition coefficient (Wildman–Crippen LogP) is 0.0323. The summed E-state index contributed by atoms with van der Waals surface area (Å²) >= 11 is 1.17. The highest BCUT2D eigenvalue weighted by molar-refractivity contribution is 8.00. The van der Waals surface area contributed by atoms with Gasteiger partial charge < -0.3 is 15.2 Å². The molecule has 0 aromatic carbocycles. The van der Waals surface area contributed by atoms with Gasteiger partial charge in [0, 0.05) is 12.1 Å². The van der Waals surface area contributed by atoms with Gasteiger partial charge in [0.05, 0.1) is 29.1 Å². The molecule has 2 atom stereocenters. The molecule has 2 fully saturated rings. The minimum atomic E-state index is -3.14. The van der Waals surface area contributed by atoms with Crippen LogP contribution in [0.25, 0.3) is 0 Å². The van der Waals surface area contributed by atoms with E-state index in [0.29, 0.717) is 11.6 Å². The van der Waals surface area contributed by atoms with Crippen LogP contribution in [0.4, 0.5) is 5.82 Å². The zero-order valence-corrected chi connectivity index (χ0v) is 16.8. The van der Waals surface area contributed by atoms with Crippen LogP contribution in [0.3, 0.4) is 0 Å². The number of aromatic nitrogens is 1. The van der Waals surface area contributed by atoms with E-state index in [4.69, 9.17) is 4.52 Å². The Hall–Kier alpha value is -1.59. The molecule has 2 aliphatic heterocycles. The van der Waals surface area contributed by atoms with E-state index in [-0.39, 0.29) is 46.9 Å². The summed E-state index contributed by atoms with van der Waals surface area (Å²) in [6, 6.07) is 1.08. The van der Waals surface area contributed by atoms with Crippen molar-refractivity contribution in [2.75, 3.05) is 41.4 Å². The zero-order valence-electron chi connectivity index (χ0n) is 15.1. The second-order valence-corrected chi connectivity index (χ2v) is 10.1. The fraction of sp³-hybridized carbons (Fsp3) is 0.688. The van der Waals surface area contributed by atoms with Crippen LogP contribution in [-0.2, 0) is 19.4 Å². The smallest absolute Gasteiger partial charge is 0.235 e. The van der Waals surface area contributed by atoms with Gasteiger partial charge in [0.2, 0.25) is 11.8 Å². The first-order valence-corrected chi connectivity index (χ1v) is 11.8. The number of rotatable bonds is 7. The summed E-state index contributed by atoms with van der Waals surface area (Å²) in [5, 5.41) is 9.10. The van der Waals surface area contributed by atoms with Crippen molar-refractivity contribution in [3.8, 4) is 0 Å². The molecule has 0 saturated carbocycles. The van der Waals surface area contributed by atoms with Gasteiger partial charge in [-0.1, -0.05) is 5.16 Å². The molecule has 2 amide bonds. The SMILES string of the molecule is Cc1cc(NC(=O)CSCC(=O)NC2CS(=O)(=O)CC2N2CCCC2)no1. The molecule has 0 spiro atoms. The number of nitrogens with zero attached hydrogens (tertiary/aromatic N) is 2. The maximum Gasteiger partial charge on any atom is 0.235 e. The Balaban J connectivity index is 1.43. The largest absolute Gasteiger partial charge is 0.360 e. The molecule has 0 bridgehead atoms. The maximum absolute atomic E-state index is 12.2. The molecule has 2 N–H and O–H groups in total. The van der Waals surface area contributed by atoms with Gasteiger partial charge in [-0.3, -0.25) is 14.5 Å². The number of hydrogen-bond acceptors (Lipinski definition) is 8. The van der Waals surface area contributed by atoms with Gasteiger partial charge >= 0.3 is 0 Å². The average molecular weight is 417 g/mol. The summed E-state index contributed by atoms with van der Waals surface area (Å²) in [5.74, 6) is 0.674. The molecule has 11 heteroatoms. The van der Waals surface area contributed by atoms with Crippen molar-refractivity contribution >= 4 is 39.2 Å². The molecular weight excluding hydrogens is 392 g/mol. The molecule has 0 radical (unpaired) electrons. The van der Waals surface area contributed by atoms with Crippen molar-refractivity contribution in [1.29, 1.82) is 0 Å². The van der Waals surface area contributed by atoms with Crippen molar-refractivity contribution in [1.82, 2.24) is 15.4 Å². The number of anilines is 1. The van der Waals surface area contributed by atoms with Gasteiger partial charge in [-0.15, -0.1) is 11.8 Å². The van der Waals surface area contributed by atoms with Crippen LogP contribution in [0.15, 0.2) is 10.6 Å². The number of amides is 2. The number of aryl methyl sites for hydroxylation is 1. The van der Waals surface area contributed by atoms with Gasteiger partial charge in [0.25, 0.3) is 0 Å². The zero-order chi connectivity index (χ0) is 19.4. The Kier molecular flexibility index (Phi) is 6.43. The first-order valence-electron chi connectivity index (χ1n) is 8.87. The fourth-order valence-corrected chi connectivity index (χ4v) is 6.07. The lowest BCUT2D eigenvalue weighted by Crippen LogP contribution is -2.50. The lowest BCUT2D eigenvalue weighted by molar-refractivity contribution is -0.119. The molecule has 150 valence electrons. The second kappa shape index (κ2) is 8.61. The molecule has 2 saturated heterocycles. The first-order chi connectivity index (χ1) is 12.8. The molecule has 0 aliphatic carbocycles. The molecule has 3 heterocycles. The molecule has 2 unspecified atom stereocenters. The van der Waals surface area contributed by atoms with E-state index in [1.807, 2.05) is 0 Å². The second-order valence-electron chi connectivity index (χ2n) is 6.93. The summed E-state index contributed by atoms with van der Waals surface area (Å²) in [4.78, 5) is 26.2. The number of thioether (sulfide) groups is 1. The van der Waals surface area contributed by atoms with Crippen LogP contribution in [0, 0.1) is 6.92 Å². The van der Waals surface area contributed by atoms with Crippen LogP contribution >= 0.6 is 11.8 Å². The van der Waals surface area contributed by atoms with E-state index in [1.54, 1.807) is 13.0 Å². The summed E-state index contributed by atoms with van der Waals surface area (Å²) in [6.07, 6.45) is 2.13. The van der Waals surface area contributed by atoms with Crippen molar-refractivity contribution < 1.29 is 22.5 Å². The minimum absolute atomic E-state index is 0.0173. The molecule has 27 heavy (non-hydrogen) atoms. The molecule has 1 aromatic rings. The monoisotopic (exact) mass is 416 g/mol. The lowest BCUT2D eigenvalue weighted by atomic mass is 10.1. The predicted molar refractivity (Wildman–Crippen MR) is 102 cm³/mol. The van der Waals surface area contributed by atoms with Crippen molar-refractivity contribution in [2.24, 2.45) is 0 Å². The number of hydrogen-bond donors (Lipinski definition) is 2. The highest BCUT2D eigenvalue weighted by Crippen LogP contribution is 2.22. The third-order valence-corrected chi connectivity index (χ3v) is 7.29. The third-order valence-electron chi connectivity index (χ3n) is 4.64. The first kappa shape index (κ1) is 20.2. The Labute approximate surface area is 162 Å². The van der Waals surface area contributed by atoms with Crippen LogP contribution in [0.1, 0.15) is 18.6 Å². The third kappa shape index (κ3) is 5.69. The topological polar surface area (TPSA) is 122 Å². The number of carbonyl (C=O) groups is 2. The standard InChI is InChI=1S/C16H24N4O5S2/c1-11-6-14(19-25-11)18-16(22)8-26-7-15(21)17-12-9-27(23,24)10-13(12)20-4-2-3-5-20/h6,12-13H,2-5,7-10H2,1H3,(H,17,21)(H,18,19,22). The van der Waals surface area contributed by atoms with E-state index in [1.165, 1.54) is 11.8 Å². The number of likely N-dealkylation sites (tertiary alicyclic amines) is 1. The van der Waals surface area contributed by atoms with Gasteiger partial charge in [0.15, 0.2) is 15.7 Å². The Morgan fingerprint density at radius 3 is 2.63 bits per heavy atom. The van der Waals surface area contributed by atoms with Gasteiger partial charge in [0.1, 0.15) is 5.76 Å². The Bertz CT molecular complexity index is 788. The minimum Gasteiger partial charge on any atom is -0.360 e. The lowest BCUT2D eigenvalue weighted by Gasteiger charge is -2.28. The van der Waals surface area contributed by atoms with Crippen molar-refractivity contribution in [3.05, 3.63) is 11.8 Å². The Morgan fingerprint density at radius 1 is 1.26 bits per heavy atom. The number of carbonyl (C=O) groups excluding carboxylic acids is 2. The molecule has 9 nitrogen and oxygen atoms in total. The molecule has 3 rings (SSSR count). The van der Waals surface area contributed by atoms with E-state index >= 15 is 0 Å². The highest BCUT2D eigenvalue weighted by Gasteiger charge is 2.42. The summed E-state index contributed by atoms with van der Waals surface area (Å²) in [5.41, 5.74) is 0. The van der Waals surface area contributed by atoms with Crippen molar-refractivity contribution in [3.63, 3.8) is 0 Å². The summed E-state index contributed by atoms with van der Waals surface area (Å²) in [7, 11) is -3.14. The molecule has 2 aliphatic rings. The van der Waals surface area contributed by atoms with Gasteiger partial charge in [-0.05, 0) is 32.9 Å². The van der Waals surface area contributed by atoms with Crippen LogP contribution < -0.4 is 10.6 Å². The quantitative estimate of drug-likeness (QED) is 0.639. The van der Waals surface area contributed by atoms with Crippen LogP contribution in [0.5, 0.6) is 0 Å². The van der Waals surface area contributed by atoms with Crippen LogP contribution in [-0.4, -0.2) is 78.5 Å². The normalized spacial score (nSPS) is 24.8. The van der Waals surface area contributed by atoms with E-state index in [9.17, 15) is 18.0 Å². The summed E-state index contributed by atoms with van der Waals surface area (Å²) in [6.45, 7) is 3.48. The number of sulfone groups is 1. The van der Waals surface area contributed by atoms with E-state index in [0.717, 1.165) is 25.9 Å². The molecular formula is C16H24N4O5S2. The maximum atomic E-state index is 12.2. The highest BCUT2D eigenvalue weighted by atomic mass is 32.2. The summed E-state index contributed by atoms with van der Waals surface area (Å²) < 4.78 is 28.9. The molecule has 1 aromatic heterocycles. The van der Waals surface area contributed by atoms with E-state index < -0.39 is 9.84 Å².